The predicted molar refractivity (Wildman–Crippen MR) is 35.1 cm³/mol. The van der Waals surface area contributed by atoms with Crippen molar-refractivity contribution in [2.75, 3.05) is 6.61 Å². The highest BCUT2D eigenvalue weighted by Gasteiger charge is 2.17. The van der Waals surface area contributed by atoms with Gasteiger partial charge in [0.15, 0.2) is 3.79 Å². The molecule has 8 heavy (non-hydrogen) atoms. The van der Waals surface area contributed by atoms with Crippen LogP contribution < -0.4 is 0 Å². The van der Waals surface area contributed by atoms with E-state index in [0.29, 0.717) is 12.8 Å². The van der Waals surface area contributed by atoms with Crippen molar-refractivity contribution >= 4 is 34.8 Å². The fraction of sp³-hybridized carbons (Fsp3) is 1.00. The quantitative estimate of drug-likeness (QED) is 0.576. The molecule has 0 aliphatic heterocycles. The van der Waals surface area contributed by atoms with E-state index in [9.17, 15) is 5.11 Å². The van der Waals surface area contributed by atoms with Gasteiger partial charge < -0.3 is 0 Å². The first-order valence-corrected chi connectivity index (χ1v) is 3.34. The maximum atomic E-state index is 9.80. The van der Waals surface area contributed by atoms with Crippen LogP contribution in [0.3, 0.4) is 0 Å². The highest BCUT2D eigenvalue weighted by molar-refractivity contribution is 6.67. The first-order chi connectivity index (χ1) is 3.56. The van der Waals surface area contributed by atoms with Crippen LogP contribution in [0.1, 0.15) is 12.8 Å². The highest BCUT2D eigenvalue weighted by Crippen LogP contribution is 2.30. The summed E-state index contributed by atoms with van der Waals surface area (Å²) in [6.45, 7) is -0.173. The summed E-state index contributed by atoms with van der Waals surface area (Å²) in [7, 11) is 0. The van der Waals surface area contributed by atoms with Crippen LogP contribution in [0.25, 0.3) is 0 Å². The van der Waals surface area contributed by atoms with Crippen molar-refractivity contribution in [3.8, 4) is 0 Å². The first kappa shape index (κ1) is 8.83. The van der Waals surface area contributed by atoms with Gasteiger partial charge in [-0.15, -0.1) is 0 Å². The Bertz CT molecular complexity index is 58.8. The molecule has 0 aromatic rings. The summed E-state index contributed by atoms with van der Waals surface area (Å²) in [5, 5.41) is 9.80. The van der Waals surface area contributed by atoms with Gasteiger partial charge in [-0.25, -0.2) is 5.11 Å². The molecule has 0 aromatic carbocycles. The van der Waals surface area contributed by atoms with Gasteiger partial charge >= 0.3 is 0 Å². The standard InChI is InChI=1S/C4H6Cl3O/c5-4(6,7)2-1-3-8/h1-3H2. The molecular formula is C4H6Cl3O. The summed E-state index contributed by atoms with van der Waals surface area (Å²) in [4.78, 5) is 0. The Morgan fingerprint density at radius 1 is 1.25 bits per heavy atom. The Hall–Kier alpha value is 0.830. The molecule has 0 aromatic heterocycles. The molecule has 0 rings (SSSR count). The third-order valence-corrected chi connectivity index (χ3v) is 1.17. The van der Waals surface area contributed by atoms with Crippen molar-refractivity contribution in [1.82, 2.24) is 0 Å². The van der Waals surface area contributed by atoms with Gasteiger partial charge in [0.25, 0.3) is 0 Å². The van der Waals surface area contributed by atoms with E-state index in [-0.39, 0.29) is 6.61 Å². The van der Waals surface area contributed by atoms with Gasteiger partial charge in [0.05, 0.1) is 6.61 Å². The van der Waals surface area contributed by atoms with Crippen molar-refractivity contribution in [1.29, 1.82) is 0 Å². The molecule has 4 heteroatoms. The Morgan fingerprint density at radius 2 is 1.75 bits per heavy atom. The van der Waals surface area contributed by atoms with Crippen LogP contribution in [0.2, 0.25) is 0 Å². The zero-order chi connectivity index (χ0) is 6.62. The zero-order valence-corrected chi connectivity index (χ0v) is 6.43. The van der Waals surface area contributed by atoms with E-state index in [1.165, 1.54) is 0 Å². The molecule has 1 nitrogen and oxygen atoms in total. The maximum absolute atomic E-state index is 9.80. The number of alkyl halides is 3. The maximum Gasteiger partial charge on any atom is 0.190 e. The molecule has 0 bridgehead atoms. The molecule has 0 N–H and O–H groups in total. The fourth-order valence-corrected chi connectivity index (χ4v) is 0.674. The van der Waals surface area contributed by atoms with Gasteiger partial charge in [0.1, 0.15) is 0 Å². The topological polar surface area (TPSA) is 19.9 Å². The molecule has 0 fully saturated rings. The molecule has 0 saturated carbocycles. The largest absolute Gasteiger partial charge is 0.237 e. The summed E-state index contributed by atoms with van der Waals surface area (Å²) in [6.07, 6.45) is 0.775. The number of halogens is 3. The van der Waals surface area contributed by atoms with Crippen molar-refractivity contribution in [2.45, 2.75) is 16.6 Å². The summed E-state index contributed by atoms with van der Waals surface area (Å²) in [5.74, 6) is 0. The predicted octanol–water partition coefficient (Wildman–Crippen LogP) is 2.57. The fourth-order valence-electron chi connectivity index (χ4n) is 0.273. The van der Waals surface area contributed by atoms with Crippen molar-refractivity contribution < 1.29 is 5.11 Å². The lowest BCUT2D eigenvalue weighted by Gasteiger charge is -2.06. The second kappa shape index (κ2) is 3.78. The van der Waals surface area contributed by atoms with E-state index in [1.807, 2.05) is 0 Å². The zero-order valence-electron chi connectivity index (χ0n) is 4.16. The smallest absolute Gasteiger partial charge is 0.190 e. The van der Waals surface area contributed by atoms with Gasteiger partial charge in [0, 0.05) is 0 Å². The molecule has 0 aliphatic carbocycles. The second-order valence-electron chi connectivity index (χ2n) is 1.42. The van der Waals surface area contributed by atoms with Crippen LogP contribution in [0.4, 0.5) is 0 Å². The molecule has 0 amide bonds. The van der Waals surface area contributed by atoms with Crippen LogP contribution in [-0.4, -0.2) is 10.4 Å². The van der Waals surface area contributed by atoms with Crippen LogP contribution >= 0.6 is 34.8 Å². The van der Waals surface area contributed by atoms with E-state index in [1.54, 1.807) is 0 Å². The molecule has 0 unspecified atom stereocenters. The Morgan fingerprint density at radius 3 is 1.88 bits per heavy atom. The normalized spacial score (nSPS) is 12.0. The number of rotatable bonds is 2. The van der Waals surface area contributed by atoms with Gasteiger partial charge in [-0.1, -0.05) is 34.8 Å². The number of hydrogen-bond donors (Lipinski definition) is 0. The lowest BCUT2D eigenvalue weighted by atomic mass is 10.4. The number of hydrogen-bond acceptors (Lipinski definition) is 0. The van der Waals surface area contributed by atoms with Crippen LogP contribution in [0, 0.1) is 0 Å². The third-order valence-electron chi connectivity index (χ3n) is 0.605. The van der Waals surface area contributed by atoms with Gasteiger partial charge in [-0.3, -0.25) is 0 Å². The van der Waals surface area contributed by atoms with Crippen LogP contribution in [0.15, 0.2) is 0 Å². The summed E-state index contributed by atoms with van der Waals surface area (Å²) >= 11 is 15.9. The third kappa shape index (κ3) is 6.83. The van der Waals surface area contributed by atoms with Gasteiger partial charge in [-0.2, -0.15) is 0 Å². The average Bonchev–Trinajstić information content (AvgIpc) is 1.59. The summed E-state index contributed by atoms with van der Waals surface area (Å²) in [6, 6.07) is 0. The molecule has 0 saturated heterocycles. The second-order valence-corrected chi connectivity index (χ2v) is 3.94. The van der Waals surface area contributed by atoms with E-state index in [0.717, 1.165) is 0 Å². The Labute approximate surface area is 63.5 Å². The van der Waals surface area contributed by atoms with Crippen molar-refractivity contribution in [3.05, 3.63) is 0 Å². The Balaban J connectivity index is 3.11. The monoisotopic (exact) mass is 175 g/mol. The lowest BCUT2D eigenvalue weighted by Crippen LogP contribution is -2.01. The Kier molecular flexibility index (Phi) is 4.17. The lowest BCUT2D eigenvalue weighted by molar-refractivity contribution is 0.187. The minimum atomic E-state index is -1.23. The van der Waals surface area contributed by atoms with E-state index >= 15 is 0 Å². The molecular weight excluding hydrogens is 170 g/mol. The van der Waals surface area contributed by atoms with Gasteiger partial charge in [-0.05, 0) is 12.8 Å². The average molecular weight is 176 g/mol. The molecule has 0 heterocycles. The molecule has 0 aliphatic rings. The minimum Gasteiger partial charge on any atom is -0.237 e. The van der Waals surface area contributed by atoms with E-state index in [2.05, 4.69) is 0 Å². The van der Waals surface area contributed by atoms with Crippen molar-refractivity contribution in [2.24, 2.45) is 0 Å². The van der Waals surface area contributed by atoms with Crippen LogP contribution in [-0.2, 0) is 5.11 Å². The highest BCUT2D eigenvalue weighted by atomic mass is 35.6. The molecule has 49 valence electrons. The molecule has 0 atom stereocenters. The minimum absolute atomic E-state index is 0.173. The first-order valence-electron chi connectivity index (χ1n) is 2.21. The van der Waals surface area contributed by atoms with E-state index < -0.39 is 3.79 Å². The van der Waals surface area contributed by atoms with Gasteiger partial charge in [0.2, 0.25) is 0 Å². The van der Waals surface area contributed by atoms with Crippen molar-refractivity contribution in [3.63, 3.8) is 0 Å². The molecule has 0 spiro atoms. The van der Waals surface area contributed by atoms with E-state index in [4.69, 9.17) is 34.8 Å². The summed E-state index contributed by atoms with van der Waals surface area (Å²) < 4.78 is -1.23. The summed E-state index contributed by atoms with van der Waals surface area (Å²) in [5.41, 5.74) is 0. The molecule has 1 radical (unpaired) electrons. The van der Waals surface area contributed by atoms with Crippen LogP contribution in [0.5, 0.6) is 0 Å². The SMILES string of the molecule is [O]CCCC(Cl)(Cl)Cl.